The van der Waals surface area contributed by atoms with E-state index in [2.05, 4.69) is 6.92 Å². The predicted octanol–water partition coefficient (Wildman–Crippen LogP) is 6.67. The van der Waals surface area contributed by atoms with Crippen molar-refractivity contribution in [3.8, 4) is 0 Å². The van der Waals surface area contributed by atoms with E-state index in [0.717, 1.165) is 34.9 Å². The molecule has 0 N–H and O–H groups in total. The molecule has 5 heteroatoms. The van der Waals surface area contributed by atoms with E-state index in [4.69, 9.17) is 0 Å². The molecule has 0 amide bonds. The lowest BCUT2D eigenvalue weighted by Gasteiger charge is -2.03. The monoisotopic (exact) mass is 378 g/mol. The van der Waals surface area contributed by atoms with Crippen molar-refractivity contribution in [3.63, 3.8) is 0 Å². The Morgan fingerprint density at radius 1 is 0.962 bits per heavy atom. The number of halogens is 3. The molecule has 0 saturated heterocycles. The zero-order valence-electron chi connectivity index (χ0n) is 14.6. The van der Waals surface area contributed by atoms with Crippen LogP contribution in [0.1, 0.15) is 48.5 Å². The van der Waals surface area contributed by atoms with Crippen LogP contribution in [0.5, 0.6) is 0 Å². The molecule has 0 aliphatic carbocycles. The van der Waals surface area contributed by atoms with Gasteiger partial charge in [-0.1, -0.05) is 26.2 Å². The lowest BCUT2D eigenvalue weighted by molar-refractivity contribution is 0.104. The van der Waals surface area contributed by atoms with Crippen molar-refractivity contribution in [2.75, 3.05) is 5.75 Å². The molecule has 0 spiro atoms. The van der Waals surface area contributed by atoms with E-state index in [1.54, 1.807) is 23.9 Å². The molecule has 0 bridgehead atoms. The minimum atomic E-state index is -1.54. The van der Waals surface area contributed by atoms with Crippen molar-refractivity contribution in [1.29, 1.82) is 0 Å². The van der Waals surface area contributed by atoms with E-state index in [1.807, 2.05) is 12.1 Å². The quantitative estimate of drug-likeness (QED) is 0.159. The highest BCUT2D eigenvalue weighted by Gasteiger charge is 2.11. The maximum Gasteiger partial charge on any atom is 0.195 e. The van der Waals surface area contributed by atoms with Crippen LogP contribution in [-0.4, -0.2) is 11.5 Å². The molecule has 0 aromatic heterocycles. The van der Waals surface area contributed by atoms with Gasteiger partial charge in [0, 0.05) is 16.0 Å². The lowest BCUT2D eigenvalue weighted by Crippen LogP contribution is -1.96. The minimum Gasteiger partial charge on any atom is -0.289 e. The third-order valence-electron chi connectivity index (χ3n) is 3.88. The number of unbranched alkanes of at least 4 members (excludes halogenated alkanes) is 3. The summed E-state index contributed by atoms with van der Waals surface area (Å²) in [6.07, 6.45) is 7.16. The Balaban J connectivity index is 1.94. The van der Waals surface area contributed by atoms with Crippen LogP contribution in [0.3, 0.4) is 0 Å². The van der Waals surface area contributed by atoms with Gasteiger partial charge >= 0.3 is 0 Å². The summed E-state index contributed by atoms with van der Waals surface area (Å²) in [6.45, 7) is 2.18. The number of allylic oxidation sites excluding steroid dienone is 1. The number of rotatable bonds is 9. The van der Waals surface area contributed by atoms with Gasteiger partial charge in [-0.05, 0) is 60.7 Å². The van der Waals surface area contributed by atoms with Crippen molar-refractivity contribution in [3.05, 3.63) is 71.1 Å². The Labute approximate surface area is 156 Å². The summed E-state index contributed by atoms with van der Waals surface area (Å²) in [4.78, 5) is 13.2. The molecule has 2 aromatic carbocycles. The highest BCUT2D eigenvalue weighted by Crippen LogP contribution is 2.21. The van der Waals surface area contributed by atoms with Crippen molar-refractivity contribution in [2.24, 2.45) is 0 Å². The zero-order valence-corrected chi connectivity index (χ0v) is 15.4. The first-order valence-electron chi connectivity index (χ1n) is 8.61. The second kappa shape index (κ2) is 10.2. The fourth-order valence-corrected chi connectivity index (χ4v) is 3.28. The molecule has 26 heavy (non-hydrogen) atoms. The van der Waals surface area contributed by atoms with Crippen molar-refractivity contribution < 1.29 is 18.0 Å². The molecule has 2 aromatic rings. The van der Waals surface area contributed by atoms with Crippen LogP contribution >= 0.6 is 11.8 Å². The normalized spacial score (nSPS) is 11.2. The van der Waals surface area contributed by atoms with Gasteiger partial charge in [0.15, 0.2) is 23.2 Å². The Hall–Kier alpha value is -2.01. The van der Waals surface area contributed by atoms with E-state index in [-0.39, 0.29) is 11.3 Å². The van der Waals surface area contributed by atoms with Crippen molar-refractivity contribution >= 4 is 23.6 Å². The number of thioether (sulfide) groups is 1. The maximum absolute atomic E-state index is 13.6. The molecule has 0 radical (unpaired) electrons. The van der Waals surface area contributed by atoms with Crippen LogP contribution in [0, 0.1) is 17.5 Å². The SMILES string of the molecule is CCCCCCSc1ccc(C(=O)C=Cc2ccc(F)c(F)c2F)cc1. The third kappa shape index (κ3) is 5.77. The highest BCUT2D eigenvalue weighted by atomic mass is 32.2. The summed E-state index contributed by atoms with van der Waals surface area (Å²) in [5.74, 6) is -3.38. The van der Waals surface area contributed by atoms with Crippen molar-refractivity contribution in [2.45, 2.75) is 37.5 Å². The van der Waals surface area contributed by atoms with E-state index in [0.29, 0.717) is 5.56 Å². The fraction of sp³-hybridized carbons (Fsp3) is 0.286. The van der Waals surface area contributed by atoms with Gasteiger partial charge in [0.25, 0.3) is 0 Å². The Kier molecular flexibility index (Phi) is 7.98. The first-order chi connectivity index (χ1) is 12.5. The van der Waals surface area contributed by atoms with Gasteiger partial charge < -0.3 is 0 Å². The van der Waals surface area contributed by atoms with Crippen LogP contribution in [0.2, 0.25) is 0 Å². The van der Waals surface area contributed by atoms with Gasteiger partial charge in [-0.15, -0.1) is 11.8 Å². The average molecular weight is 378 g/mol. The Bertz CT molecular complexity index is 770. The zero-order chi connectivity index (χ0) is 18.9. The molecule has 138 valence electrons. The first-order valence-corrected chi connectivity index (χ1v) is 9.60. The predicted molar refractivity (Wildman–Crippen MR) is 101 cm³/mol. The maximum atomic E-state index is 13.6. The van der Waals surface area contributed by atoms with Crippen molar-refractivity contribution in [1.82, 2.24) is 0 Å². The third-order valence-corrected chi connectivity index (χ3v) is 4.98. The standard InChI is InChI=1S/C21H21F3OS/c1-2-3-4-5-14-26-17-10-6-15(7-11-17)19(25)13-9-16-8-12-18(22)21(24)20(16)23/h6-13H,2-5,14H2,1H3. The summed E-state index contributed by atoms with van der Waals surface area (Å²) >= 11 is 1.75. The number of carbonyl (C=O) groups excluding carboxylic acids is 1. The topological polar surface area (TPSA) is 17.1 Å². The summed E-state index contributed by atoms with van der Waals surface area (Å²) < 4.78 is 39.7. The second-order valence-electron chi connectivity index (χ2n) is 5.90. The van der Waals surface area contributed by atoms with Crippen LogP contribution < -0.4 is 0 Å². The van der Waals surface area contributed by atoms with Gasteiger partial charge in [-0.25, -0.2) is 13.2 Å². The number of hydrogen-bond acceptors (Lipinski definition) is 2. The highest BCUT2D eigenvalue weighted by molar-refractivity contribution is 7.99. The summed E-state index contributed by atoms with van der Waals surface area (Å²) in [5.41, 5.74) is 0.288. The molecular formula is C21H21F3OS. The molecule has 0 unspecified atom stereocenters. The van der Waals surface area contributed by atoms with Crippen LogP contribution in [0.25, 0.3) is 6.08 Å². The smallest absolute Gasteiger partial charge is 0.195 e. The van der Waals surface area contributed by atoms with E-state index in [9.17, 15) is 18.0 Å². The Morgan fingerprint density at radius 2 is 1.69 bits per heavy atom. The fourth-order valence-electron chi connectivity index (χ4n) is 2.37. The van der Waals surface area contributed by atoms with Gasteiger partial charge in [-0.3, -0.25) is 4.79 Å². The van der Waals surface area contributed by atoms with Crippen LogP contribution in [-0.2, 0) is 0 Å². The van der Waals surface area contributed by atoms with Gasteiger partial charge in [0.2, 0.25) is 0 Å². The molecule has 0 aliphatic heterocycles. The molecule has 0 aliphatic rings. The summed E-state index contributed by atoms with van der Waals surface area (Å²) in [7, 11) is 0. The molecule has 0 heterocycles. The number of benzene rings is 2. The Morgan fingerprint density at radius 3 is 2.38 bits per heavy atom. The van der Waals surface area contributed by atoms with Gasteiger partial charge in [0.05, 0.1) is 0 Å². The lowest BCUT2D eigenvalue weighted by atomic mass is 10.1. The molecule has 0 fully saturated rings. The number of carbonyl (C=O) groups is 1. The largest absolute Gasteiger partial charge is 0.289 e. The summed E-state index contributed by atoms with van der Waals surface area (Å²) in [5, 5.41) is 0. The van der Waals surface area contributed by atoms with E-state index < -0.39 is 17.5 Å². The second-order valence-corrected chi connectivity index (χ2v) is 7.06. The van der Waals surface area contributed by atoms with Crippen LogP contribution in [0.4, 0.5) is 13.2 Å². The molecule has 0 saturated carbocycles. The van der Waals surface area contributed by atoms with E-state index >= 15 is 0 Å². The molecule has 0 atom stereocenters. The van der Waals surface area contributed by atoms with Gasteiger partial charge in [0.1, 0.15) is 0 Å². The molecule has 1 nitrogen and oxygen atoms in total. The molecular weight excluding hydrogens is 357 g/mol. The number of ketones is 1. The first kappa shape index (κ1) is 20.3. The summed E-state index contributed by atoms with van der Waals surface area (Å²) in [6, 6.07) is 9.10. The average Bonchev–Trinajstić information content (AvgIpc) is 2.65. The minimum absolute atomic E-state index is 0.170. The number of hydrogen-bond donors (Lipinski definition) is 0. The van der Waals surface area contributed by atoms with Gasteiger partial charge in [-0.2, -0.15) is 0 Å². The van der Waals surface area contributed by atoms with Crippen LogP contribution in [0.15, 0.2) is 47.4 Å². The van der Waals surface area contributed by atoms with E-state index in [1.165, 1.54) is 25.7 Å². The molecule has 2 rings (SSSR count).